The molecule has 130 valence electrons. The van der Waals surface area contributed by atoms with Crippen LogP contribution in [0.4, 0.5) is 11.5 Å². The molecule has 0 bridgehead atoms. The van der Waals surface area contributed by atoms with Gasteiger partial charge >= 0.3 is 0 Å². The number of benzene rings is 1. The molecular formula is C15H19ClN4O3S. The number of rotatable bonds is 5. The summed E-state index contributed by atoms with van der Waals surface area (Å²) in [7, 11) is -2.21. The van der Waals surface area contributed by atoms with Crippen LogP contribution in [0.1, 0.15) is 26.8 Å². The van der Waals surface area contributed by atoms with E-state index in [0.29, 0.717) is 5.69 Å². The van der Waals surface area contributed by atoms with Crippen LogP contribution in [-0.2, 0) is 14.8 Å². The van der Waals surface area contributed by atoms with Crippen LogP contribution in [0.5, 0.6) is 0 Å². The normalized spacial score (nSPS) is 11.6. The molecule has 1 aromatic carbocycles. The lowest BCUT2D eigenvalue weighted by atomic mass is 10.3. The van der Waals surface area contributed by atoms with Gasteiger partial charge in [-0.15, -0.1) is 0 Å². The maximum Gasteiger partial charge on any atom is 0.263 e. The largest absolute Gasteiger partial charge is 0.316 e. The highest BCUT2D eigenvalue weighted by Crippen LogP contribution is 2.25. The Kier molecular flexibility index (Phi) is 5.19. The molecule has 0 aliphatic carbocycles. The molecule has 0 saturated heterocycles. The Morgan fingerprint density at radius 3 is 2.33 bits per heavy atom. The van der Waals surface area contributed by atoms with Crippen LogP contribution in [0.2, 0.25) is 5.02 Å². The van der Waals surface area contributed by atoms with Crippen LogP contribution in [0, 0.1) is 0 Å². The van der Waals surface area contributed by atoms with Gasteiger partial charge in [-0.3, -0.25) is 14.2 Å². The van der Waals surface area contributed by atoms with E-state index in [-0.39, 0.29) is 27.7 Å². The van der Waals surface area contributed by atoms with E-state index in [0.717, 1.165) is 0 Å². The van der Waals surface area contributed by atoms with Gasteiger partial charge in [-0.25, -0.2) is 8.42 Å². The molecule has 1 heterocycles. The van der Waals surface area contributed by atoms with Crippen molar-refractivity contribution in [3.05, 3.63) is 35.5 Å². The topological polar surface area (TPSA) is 84.3 Å². The minimum absolute atomic E-state index is 0.0540. The lowest BCUT2D eigenvalue weighted by Crippen LogP contribution is -2.22. The van der Waals surface area contributed by atoms with Crippen molar-refractivity contribution in [3.8, 4) is 0 Å². The van der Waals surface area contributed by atoms with Gasteiger partial charge in [0.05, 0.1) is 4.90 Å². The number of amides is 1. The molecule has 0 radical (unpaired) electrons. The molecule has 9 heteroatoms. The van der Waals surface area contributed by atoms with Crippen LogP contribution in [0.25, 0.3) is 0 Å². The highest BCUT2D eigenvalue weighted by Gasteiger charge is 2.19. The van der Waals surface area contributed by atoms with Crippen molar-refractivity contribution in [2.45, 2.75) is 31.7 Å². The second-order valence-corrected chi connectivity index (χ2v) is 7.67. The van der Waals surface area contributed by atoms with E-state index >= 15 is 0 Å². The van der Waals surface area contributed by atoms with E-state index in [1.54, 1.807) is 30.1 Å². The summed E-state index contributed by atoms with van der Waals surface area (Å²) < 4.78 is 28.8. The fourth-order valence-electron chi connectivity index (χ4n) is 1.92. The highest BCUT2D eigenvalue weighted by atomic mass is 35.5. The number of carbonyl (C=O) groups is 1. The van der Waals surface area contributed by atoms with E-state index in [4.69, 9.17) is 11.6 Å². The number of hydrogen-bond donors (Lipinski definition) is 1. The molecule has 24 heavy (non-hydrogen) atoms. The molecule has 2 aromatic rings. The lowest BCUT2D eigenvalue weighted by molar-refractivity contribution is -0.116. The first-order valence-corrected chi connectivity index (χ1v) is 9.09. The number of nitrogens with zero attached hydrogens (tertiary/aromatic N) is 3. The number of carbonyl (C=O) groups excluding carboxylic acids is 1. The molecule has 1 N–H and O–H groups in total. The minimum atomic E-state index is -3.82. The van der Waals surface area contributed by atoms with Gasteiger partial charge in [-0.05, 0) is 38.1 Å². The second kappa shape index (κ2) is 6.82. The summed E-state index contributed by atoms with van der Waals surface area (Å²) in [5.74, 6) is -0.0648. The molecule has 0 aliphatic heterocycles. The van der Waals surface area contributed by atoms with Crippen molar-refractivity contribution in [2.75, 3.05) is 16.7 Å². The molecule has 2 rings (SSSR count). The van der Waals surface area contributed by atoms with Gasteiger partial charge in [0, 0.05) is 31.9 Å². The third-order valence-electron chi connectivity index (χ3n) is 3.45. The number of anilines is 2. The monoisotopic (exact) mass is 370 g/mol. The smallest absolute Gasteiger partial charge is 0.263 e. The average molecular weight is 371 g/mol. The van der Waals surface area contributed by atoms with Crippen molar-refractivity contribution >= 4 is 39.0 Å². The zero-order valence-corrected chi connectivity index (χ0v) is 15.4. The standard InChI is InChI=1S/C15H19ClN4O3S/c1-10(2)20-9-14(16)15(17-20)18-24(22,23)13-7-5-12(6-8-13)19(4)11(3)21/h5-10H,1-4H3,(H,17,18). The van der Waals surface area contributed by atoms with Crippen molar-refractivity contribution in [1.29, 1.82) is 0 Å². The second-order valence-electron chi connectivity index (χ2n) is 5.58. The maximum absolute atomic E-state index is 12.4. The predicted octanol–water partition coefficient (Wildman–Crippen LogP) is 2.90. The number of sulfonamides is 1. The van der Waals surface area contributed by atoms with Crippen LogP contribution in [-0.4, -0.2) is 31.2 Å². The van der Waals surface area contributed by atoms with Crippen molar-refractivity contribution in [1.82, 2.24) is 9.78 Å². The third-order valence-corrected chi connectivity index (χ3v) is 5.09. The predicted molar refractivity (Wildman–Crippen MR) is 94.0 cm³/mol. The Balaban J connectivity index is 2.26. The molecule has 0 fully saturated rings. The lowest BCUT2D eigenvalue weighted by Gasteiger charge is -2.15. The summed E-state index contributed by atoms with van der Waals surface area (Å²) in [4.78, 5) is 12.8. The van der Waals surface area contributed by atoms with Crippen molar-refractivity contribution in [2.24, 2.45) is 0 Å². The van der Waals surface area contributed by atoms with Gasteiger partial charge in [0.25, 0.3) is 10.0 Å². The average Bonchev–Trinajstić information content (AvgIpc) is 2.87. The molecule has 1 amide bonds. The molecule has 0 spiro atoms. The van der Waals surface area contributed by atoms with Crippen molar-refractivity contribution < 1.29 is 13.2 Å². The minimum Gasteiger partial charge on any atom is -0.316 e. The number of aromatic nitrogens is 2. The highest BCUT2D eigenvalue weighted by molar-refractivity contribution is 7.92. The van der Waals surface area contributed by atoms with Crippen LogP contribution in [0.15, 0.2) is 35.4 Å². The molecule has 0 saturated carbocycles. The summed E-state index contributed by atoms with van der Waals surface area (Å²) in [5.41, 5.74) is 0.601. The Morgan fingerprint density at radius 2 is 1.88 bits per heavy atom. The molecule has 1 aromatic heterocycles. The van der Waals surface area contributed by atoms with E-state index < -0.39 is 10.0 Å². The van der Waals surface area contributed by atoms with Crippen LogP contribution in [0.3, 0.4) is 0 Å². The number of nitrogens with one attached hydrogen (secondary N) is 1. The number of hydrogen-bond acceptors (Lipinski definition) is 4. The van der Waals surface area contributed by atoms with Gasteiger partial charge < -0.3 is 4.90 Å². The fourth-order valence-corrected chi connectivity index (χ4v) is 3.18. The third kappa shape index (κ3) is 3.88. The van der Waals surface area contributed by atoms with Crippen molar-refractivity contribution in [3.63, 3.8) is 0 Å². The molecule has 0 atom stereocenters. The van der Waals surface area contributed by atoms with Gasteiger partial charge in [-0.2, -0.15) is 5.10 Å². The Bertz CT molecular complexity index is 844. The SMILES string of the molecule is CC(=O)N(C)c1ccc(S(=O)(=O)Nc2nn(C(C)C)cc2Cl)cc1. The Labute approximate surface area is 146 Å². The first kappa shape index (κ1) is 18.3. The van der Waals surface area contributed by atoms with Gasteiger partial charge in [-0.1, -0.05) is 11.6 Å². The Morgan fingerprint density at radius 1 is 1.29 bits per heavy atom. The fraction of sp³-hybridized carbons (Fsp3) is 0.333. The van der Waals surface area contributed by atoms with E-state index in [1.807, 2.05) is 13.8 Å². The van der Waals surface area contributed by atoms with Gasteiger partial charge in [0.15, 0.2) is 5.82 Å². The maximum atomic E-state index is 12.4. The van der Waals surface area contributed by atoms with Crippen LogP contribution < -0.4 is 9.62 Å². The first-order valence-electron chi connectivity index (χ1n) is 7.23. The van der Waals surface area contributed by atoms with E-state index in [1.165, 1.54) is 24.0 Å². The molecule has 0 unspecified atom stereocenters. The molecule has 0 aliphatic rings. The van der Waals surface area contributed by atoms with Gasteiger partial charge in [0.1, 0.15) is 5.02 Å². The zero-order valence-electron chi connectivity index (χ0n) is 13.8. The summed E-state index contributed by atoms with van der Waals surface area (Å²) in [6.45, 7) is 5.25. The first-order chi connectivity index (χ1) is 11.1. The molecule has 7 nitrogen and oxygen atoms in total. The zero-order chi connectivity index (χ0) is 18.1. The summed E-state index contributed by atoms with van der Waals surface area (Å²) in [6, 6.07) is 6.02. The summed E-state index contributed by atoms with van der Waals surface area (Å²) >= 11 is 6.03. The van der Waals surface area contributed by atoms with E-state index in [2.05, 4.69) is 9.82 Å². The summed E-state index contributed by atoms with van der Waals surface area (Å²) in [5, 5.41) is 4.35. The summed E-state index contributed by atoms with van der Waals surface area (Å²) in [6.07, 6.45) is 1.56. The van der Waals surface area contributed by atoms with Gasteiger partial charge in [0.2, 0.25) is 5.91 Å². The Hall–Kier alpha value is -2.06. The number of halogens is 1. The van der Waals surface area contributed by atoms with Crippen LogP contribution >= 0.6 is 11.6 Å². The molecular weight excluding hydrogens is 352 g/mol. The van der Waals surface area contributed by atoms with E-state index in [9.17, 15) is 13.2 Å². The quantitative estimate of drug-likeness (QED) is 0.876.